The van der Waals surface area contributed by atoms with E-state index in [9.17, 15) is 0 Å². The van der Waals surface area contributed by atoms with Gasteiger partial charge in [-0.15, -0.1) is 0 Å². The van der Waals surface area contributed by atoms with Crippen LogP contribution in [0.2, 0.25) is 0 Å². The lowest BCUT2D eigenvalue weighted by atomic mass is 10.0. The first-order valence-corrected chi connectivity index (χ1v) is 6.61. The van der Waals surface area contributed by atoms with Crippen molar-refractivity contribution in [3.8, 4) is 6.07 Å². The van der Waals surface area contributed by atoms with E-state index in [0.717, 1.165) is 25.2 Å². The molecule has 1 heterocycles. The molecule has 1 N–H and O–H groups in total. The fourth-order valence-corrected chi connectivity index (χ4v) is 2.59. The molecule has 0 saturated carbocycles. The molecule has 1 aromatic carbocycles. The van der Waals surface area contributed by atoms with E-state index in [1.54, 1.807) is 0 Å². The zero-order valence-electron chi connectivity index (χ0n) is 11.2. The Hall–Kier alpha value is -1.37. The summed E-state index contributed by atoms with van der Waals surface area (Å²) in [7, 11) is 2.20. The Balaban J connectivity index is 2.02. The summed E-state index contributed by atoms with van der Waals surface area (Å²) in [5, 5.41) is 12.3. The van der Waals surface area contributed by atoms with Crippen molar-refractivity contribution in [3.63, 3.8) is 0 Å². The summed E-state index contributed by atoms with van der Waals surface area (Å²) in [6, 6.07) is 8.85. The highest BCUT2D eigenvalue weighted by molar-refractivity contribution is 5.37. The van der Waals surface area contributed by atoms with Gasteiger partial charge in [0.05, 0.1) is 11.6 Å². The molecule has 0 radical (unpaired) electrons. The highest BCUT2D eigenvalue weighted by Gasteiger charge is 2.18. The highest BCUT2D eigenvalue weighted by Crippen LogP contribution is 2.17. The van der Waals surface area contributed by atoms with Crippen molar-refractivity contribution in [1.29, 1.82) is 5.26 Å². The third-order valence-corrected chi connectivity index (χ3v) is 3.82. The van der Waals surface area contributed by atoms with Gasteiger partial charge in [0.25, 0.3) is 0 Å². The van der Waals surface area contributed by atoms with Crippen molar-refractivity contribution in [3.05, 3.63) is 34.9 Å². The van der Waals surface area contributed by atoms with Crippen molar-refractivity contribution in [2.75, 3.05) is 20.1 Å². The SMILES string of the molecule is Cc1cc(C#N)ccc1CN(C)C1CCNCC1. The van der Waals surface area contributed by atoms with E-state index in [4.69, 9.17) is 5.26 Å². The molecule has 0 unspecified atom stereocenters. The van der Waals surface area contributed by atoms with Crippen molar-refractivity contribution in [1.82, 2.24) is 10.2 Å². The van der Waals surface area contributed by atoms with Crippen LogP contribution in [0.4, 0.5) is 0 Å². The molecule has 96 valence electrons. The minimum Gasteiger partial charge on any atom is -0.317 e. The van der Waals surface area contributed by atoms with Crippen LogP contribution in [0.3, 0.4) is 0 Å². The van der Waals surface area contributed by atoms with Gasteiger partial charge in [-0.3, -0.25) is 4.90 Å². The Morgan fingerprint density at radius 3 is 2.72 bits per heavy atom. The molecular weight excluding hydrogens is 222 g/mol. The van der Waals surface area contributed by atoms with E-state index in [-0.39, 0.29) is 0 Å². The summed E-state index contributed by atoms with van der Waals surface area (Å²) in [6.45, 7) is 5.32. The predicted molar refractivity (Wildman–Crippen MR) is 73.3 cm³/mol. The van der Waals surface area contributed by atoms with Gasteiger partial charge < -0.3 is 5.32 Å². The van der Waals surface area contributed by atoms with Gasteiger partial charge in [0.1, 0.15) is 0 Å². The molecule has 1 aliphatic rings. The lowest BCUT2D eigenvalue weighted by molar-refractivity contribution is 0.191. The second-order valence-electron chi connectivity index (χ2n) is 5.15. The highest BCUT2D eigenvalue weighted by atomic mass is 15.1. The van der Waals surface area contributed by atoms with Crippen LogP contribution in [-0.2, 0) is 6.54 Å². The van der Waals surface area contributed by atoms with Gasteiger partial charge in [0.2, 0.25) is 0 Å². The van der Waals surface area contributed by atoms with Crippen LogP contribution in [0, 0.1) is 18.3 Å². The number of hydrogen-bond acceptors (Lipinski definition) is 3. The van der Waals surface area contributed by atoms with Crippen molar-refractivity contribution >= 4 is 0 Å². The van der Waals surface area contributed by atoms with Gasteiger partial charge in [-0.1, -0.05) is 6.07 Å². The summed E-state index contributed by atoms with van der Waals surface area (Å²) < 4.78 is 0. The summed E-state index contributed by atoms with van der Waals surface area (Å²) in [4.78, 5) is 2.44. The average molecular weight is 243 g/mol. The molecule has 0 atom stereocenters. The Morgan fingerprint density at radius 2 is 2.11 bits per heavy atom. The number of hydrogen-bond donors (Lipinski definition) is 1. The summed E-state index contributed by atoms with van der Waals surface area (Å²) in [5.74, 6) is 0. The minimum absolute atomic E-state index is 0.682. The van der Waals surface area contributed by atoms with Gasteiger partial charge in [-0.05, 0) is 63.2 Å². The van der Waals surface area contributed by atoms with Gasteiger partial charge in [0.15, 0.2) is 0 Å². The standard InChI is InChI=1S/C15H21N3/c1-12-9-13(10-16)3-4-14(12)11-18(2)15-5-7-17-8-6-15/h3-4,9,15,17H,5-8,11H2,1-2H3. The lowest BCUT2D eigenvalue weighted by Gasteiger charge is -2.32. The fraction of sp³-hybridized carbons (Fsp3) is 0.533. The minimum atomic E-state index is 0.682. The maximum absolute atomic E-state index is 8.87. The maximum Gasteiger partial charge on any atom is 0.0991 e. The molecule has 0 bridgehead atoms. The third kappa shape index (κ3) is 3.10. The normalized spacial score (nSPS) is 16.8. The molecule has 1 fully saturated rings. The van der Waals surface area contributed by atoms with Crippen LogP contribution in [0.25, 0.3) is 0 Å². The number of rotatable bonds is 3. The Labute approximate surface area is 109 Å². The van der Waals surface area contributed by atoms with Crippen LogP contribution >= 0.6 is 0 Å². The van der Waals surface area contributed by atoms with E-state index < -0.39 is 0 Å². The number of nitrogens with one attached hydrogen (secondary N) is 1. The number of nitriles is 1. The van der Waals surface area contributed by atoms with Crippen molar-refractivity contribution in [2.24, 2.45) is 0 Å². The molecule has 1 aromatic rings. The Bertz CT molecular complexity index is 442. The first kappa shape index (κ1) is 13.1. The van der Waals surface area contributed by atoms with Crippen molar-refractivity contribution in [2.45, 2.75) is 32.4 Å². The maximum atomic E-state index is 8.87. The number of nitrogens with zero attached hydrogens (tertiary/aromatic N) is 2. The van der Waals surface area contributed by atoms with Gasteiger partial charge in [-0.25, -0.2) is 0 Å². The first-order valence-electron chi connectivity index (χ1n) is 6.61. The smallest absolute Gasteiger partial charge is 0.0991 e. The van der Waals surface area contributed by atoms with Gasteiger partial charge >= 0.3 is 0 Å². The average Bonchev–Trinajstić information content (AvgIpc) is 2.42. The van der Waals surface area contributed by atoms with E-state index in [1.807, 2.05) is 12.1 Å². The Morgan fingerprint density at radius 1 is 1.39 bits per heavy atom. The second kappa shape index (κ2) is 5.99. The zero-order chi connectivity index (χ0) is 13.0. The van der Waals surface area contributed by atoms with Crippen LogP contribution in [-0.4, -0.2) is 31.1 Å². The number of aryl methyl sites for hydroxylation is 1. The third-order valence-electron chi connectivity index (χ3n) is 3.82. The van der Waals surface area contributed by atoms with E-state index >= 15 is 0 Å². The lowest BCUT2D eigenvalue weighted by Crippen LogP contribution is -2.40. The van der Waals surface area contributed by atoms with Crippen molar-refractivity contribution < 1.29 is 0 Å². The monoisotopic (exact) mass is 243 g/mol. The van der Waals surface area contributed by atoms with Crippen LogP contribution in [0.15, 0.2) is 18.2 Å². The molecular formula is C15H21N3. The summed E-state index contributed by atoms with van der Waals surface area (Å²) in [6.07, 6.45) is 2.46. The summed E-state index contributed by atoms with van der Waals surface area (Å²) >= 11 is 0. The fourth-order valence-electron chi connectivity index (χ4n) is 2.59. The van der Waals surface area contributed by atoms with E-state index in [2.05, 4.69) is 36.3 Å². The molecule has 0 spiro atoms. The quantitative estimate of drug-likeness (QED) is 0.883. The topological polar surface area (TPSA) is 39.1 Å². The molecule has 0 aliphatic carbocycles. The first-order chi connectivity index (χ1) is 8.70. The molecule has 18 heavy (non-hydrogen) atoms. The molecule has 3 nitrogen and oxygen atoms in total. The van der Waals surface area contributed by atoms with Gasteiger partial charge in [-0.2, -0.15) is 5.26 Å². The molecule has 1 saturated heterocycles. The zero-order valence-corrected chi connectivity index (χ0v) is 11.2. The van der Waals surface area contributed by atoms with E-state index in [0.29, 0.717) is 6.04 Å². The second-order valence-corrected chi connectivity index (χ2v) is 5.15. The molecule has 0 amide bonds. The van der Waals surface area contributed by atoms with Crippen LogP contribution in [0.5, 0.6) is 0 Å². The predicted octanol–water partition coefficient (Wildman–Crippen LogP) is 2.05. The van der Waals surface area contributed by atoms with Gasteiger partial charge in [0, 0.05) is 12.6 Å². The van der Waals surface area contributed by atoms with Crippen LogP contribution < -0.4 is 5.32 Å². The van der Waals surface area contributed by atoms with Crippen LogP contribution in [0.1, 0.15) is 29.5 Å². The largest absolute Gasteiger partial charge is 0.317 e. The number of piperidine rings is 1. The molecule has 0 aromatic heterocycles. The molecule has 3 heteroatoms. The summed E-state index contributed by atoms with van der Waals surface area (Å²) in [5.41, 5.74) is 3.30. The molecule has 1 aliphatic heterocycles. The number of benzene rings is 1. The Kier molecular flexibility index (Phi) is 4.35. The van der Waals surface area contributed by atoms with E-state index in [1.165, 1.54) is 24.0 Å². The molecule has 2 rings (SSSR count).